The van der Waals surface area contributed by atoms with Gasteiger partial charge < -0.3 is 10.4 Å². The number of carboxylic acid groups (broad SMARTS) is 1. The lowest BCUT2D eigenvalue weighted by atomic mass is 9.94. The molecule has 0 saturated heterocycles. The van der Waals surface area contributed by atoms with Crippen LogP contribution in [0.25, 0.3) is 0 Å². The van der Waals surface area contributed by atoms with Crippen molar-refractivity contribution in [1.29, 1.82) is 0 Å². The van der Waals surface area contributed by atoms with Crippen molar-refractivity contribution in [3.63, 3.8) is 0 Å². The van der Waals surface area contributed by atoms with Crippen LogP contribution < -0.4 is 5.32 Å². The lowest BCUT2D eigenvalue weighted by Gasteiger charge is -2.17. The van der Waals surface area contributed by atoms with E-state index in [4.69, 9.17) is 0 Å². The smallest absolute Gasteiger partial charge is 0.314 e. The van der Waals surface area contributed by atoms with Crippen LogP contribution in [0.1, 0.15) is 18.4 Å². The number of rotatable bonds is 4. The minimum atomic E-state index is -0.880. The van der Waals surface area contributed by atoms with Gasteiger partial charge in [-0.1, -0.05) is 6.07 Å². The van der Waals surface area contributed by atoms with Crippen LogP contribution in [0.4, 0.5) is 15.9 Å². The zero-order valence-corrected chi connectivity index (χ0v) is 10.9. The van der Waals surface area contributed by atoms with Gasteiger partial charge in [-0.15, -0.1) is 0 Å². The van der Waals surface area contributed by atoms with Crippen molar-refractivity contribution in [1.82, 2.24) is 9.78 Å². The van der Waals surface area contributed by atoms with Crippen LogP contribution in [0.15, 0.2) is 30.5 Å². The van der Waals surface area contributed by atoms with Gasteiger partial charge in [0.05, 0.1) is 11.6 Å². The highest BCUT2D eigenvalue weighted by Crippen LogP contribution is 2.51. The van der Waals surface area contributed by atoms with E-state index in [1.165, 1.54) is 12.1 Å². The Kier molecular flexibility index (Phi) is 2.74. The zero-order valence-electron chi connectivity index (χ0n) is 10.9. The molecule has 3 rings (SSSR count). The summed E-state index contributed by atoms with van der Waals surface area (Å²) in [5, 5.41) is 16.5. The number of halogens is 1. The van der Waals surface area contributed by atoms with E-state index in [1.807, 2.05) is 0 Å². The average molecular weight is 275 g/mol. The number of nitrogens with zero attached hydrogens (tertiary/aromatic N) is 2. The first kappa shape index (κ1) is 12.7. The van der Waals surface area contributed by atoms with Gasteiger partial charge >= 0.3 is 5.97 Å². The van der Waals surface area contributed by atoms with Crippen molar-refractivity contribution in [3.8, 4) is 0 Å². The van der Waals surface area contributed by atoms with Crippen LogP contribution in [0.2, 0.25) is 0 Å². The van der Waals surface area contributed by atoms with Gasteiger partial charge in [0.15, 0.2) is 0 Å². The lowest BCUT2D eigenvalue weighted by molar-refractivity contribution is -0.140. The van der Waals surface area contributed by atoms with Crippen LogP contribution in [-0.4, -0.2) is 20.9 Å². The van der Waals surface area contributed by atoms with Crippen LogP contribution in [0.3, 0.4) is 0 Å². The molecule has 1 saturated carbocycles. The van der Waals surface area contributed by atoms with Gasteiger partial charge in [0.1, 0.15) is 11.6 Å². The van der Waals surface area contributed by atoms with E-state index in [0.29, 0.717) is 29.9 Å². The molecule has 1 aliphatic carbocycles. The third-order valence-electron chi connectivity index (χ3n) is 3.74. The van der Waals surface area contributed by atoms with Gasteiger partial charge in [-0.25, -0.2) is 4.39 Å². The number of carbonyl (C=O) groups is 1. The first-order valence-electron chi connectivity index (χ1n) is 6.31. The number of benzene rings is 1. The molecule has 0 aliphatic heterocycles. The second-order valence-electron chi connectivity index (χ2n) is 5.04. The molecule has 0 atom stereocenters. The van der Waals surface area contributed by atoms with Crippen molar-refractivity contribution >= 4 is 17.5 Å². The van der Waals surface area contributed by atoms with Crippen LogP contribution >= 0.6 is 0 Å². The third-order valence-corrected chi connectivity index (χ3v) is 3.74. The molecular weight excluding hydrogens is 261 g/mol. The van der Waals surface area contributed by atoms with E-state index < -0.39 is 17.2 Å². The molecule has 104 valence electrons. The lowest BCUT2D eigenvalue weighted by Crippen LogP contribution is -2.21. The van der Waals surface area contributed by atoms with Gasteiger partial charge in [0.25, 0.3) is 0 Å². The quantitative estimate of drug-likeness (QED) is 0.899. The maximum atomic E-state index is 13.5. The molecule has 6 heteroatoms. The van der Waals surface area contributed by atoms with Crippen molar-refractivity contribution in [3.05, 3.63) is 41.8 Å². The Bertz CT molecular complexity index is 677. The Labute approximate surface area is 115 Å². The molecule has 1 aromatic heterocycles. The monoisotopic (exact) mass is 275 g/mol. The van der Waals surface area contributed by atoms with E-state index in [-0.39, 0.29) is 0 Å². The van der Waals surface area contributed by atoms with Crippen molar-refractivity contribution in [2.45, 2.75) is 18.3 Å². The zero-order chi connectivity index (χ0) is 14.3. The molecule has 0 unspecified atom stereocenters. The van der Waals surface area contributed by atoms with E-state index >= 15 is 0 Å². The van der Waals surface area contributed by atoms with E-state index in [1.54, 1.807) is 30.1 Å². The summed E-state index contributed by atoms with van der Waals surface area (Å²) in [6, 6.07) is 5.92. The van der Waals surface area contributed by atoms with Crippen LogP contribution in [0, 0.1) is 5.82 Å². The van der Waals surface area contributed by atoms with Gasteiger partial charge in [-0.2, -0.15) is 5.10 Å². The summed E-state index contributed by atoms with van der Waals surface area (Å²) in [5.41, 5.74) is 0.218. The van der Waals surface area contributed by atoms with E-state index in [2.05, 4.69) is 10.4 Å². The highest BCUT2D eigenvalue weighted by atomic mass is 19.1. The highest BCUT2D eigenvalue weighted by Gasteiger charge is 2.53. The molecule has 0 radical (unpaired) electrons. The Hall–Kier alpha value is -2.37. The maximum Gasteiger partial charge on any atom is 0.314 e. The SMILES string of the molecule is Cn1nccc1Nc1cc(F)ccc1C1(C(=O)O)CC1. The van der Waals surface area contributed by atoms with Gasteiger partial charge in [-0.05, 0) is 30.5 Å². The summed E-state index contributed by atoms with van der Waals surface area (Å²) in [6.07, 6.45) is 2.77. The van der Waals surface area contributed by atoms with E-state index in [0.717, 1.165) is 0 Å². The minimum Gasteiger partial charge on any atom is -0.481 e. The molecule has 2 N–H and O–H groups in total. The maximum absolute atomic E-state index is 13.5. The number of hydrogen-bond donors (Lipinski definition) is 2. The molecule has 1 heterocycles. The Morgan fingerprint density at radius 3 is 2.75 bits per heavy atom. The first-order valence-corrected chi connectivity index (χ1v) is 6.31. The molecule has 5 nitrogen and oxygen atoms in total. The topological polar surface area (TPSA) is 67.2 Å². The number of hydrogen-bond acceptors (Lipinski definition) is 3. The van der Waals surface area contributed by atoms with Crippen LogP contribution in [-0.2, 0) is 17.3 Å². The Balaban J connectivity index is 2.04. The largest absolute Gasteiger partial charge is 0.481 e. The van der Waals surface area contributed by atoms with Crippen LogP contribution in [0.5, 0.6) is 0 Å². The van der Waals surface area contributed by atoms with Gasteiger partial charge in [-0.3, -0.25) is 9.48 Å². The molecule has 1 aliphatic rings. The molecule has 20 heavy (non-hydrogen) atoms. The number of aryl methyl sites for hydroxylation is 1. The van der Waals surface area contributed by atoms with Gasteiger partial charge in [0.2, 0.25) is 0 Å². The summed E-state index contributed by atoms with van der Waals surface area (Å²) < 4.78 is 15.1. The first-order chi connectivity index (χ1) is 9.53. The molecule has 0 bridgehead atoms. The van der Waals surface area contributed by atoms with Crippen molar-refractivity contribution in [2.75, 3.05) is 5.32 Å². The fourth-order valence-corrected chi connectivity index (χ4v) is 2.40. The predicted octanol–water partition coefficient (Wildman–Crippen LogP) is 2.42. The molecule has 1 fully saturated rings. The second-order valence-corrected chi connectivity index (χ2v) is 5.04. The summed E-state index contributed by atoms with van der Waals surface area (Å²) in [7, 11) is 1.76. The fraction of sp³-hybridized carbons (Fsp3) is 0.286. The molecule has 1 aromatic carbocycles. The average Bonchev–Trinajstić information content (AvgIpc) is 3.11. The van der Waals surface area contributed by atoms with Crippen molar-refractivity contribution < 1.29 is 14.3 Å². The summed E-state index contributed by atoms with van der Waals surface area (Å²) in [4.78, 5) is 11.5. The summed E-state index contributed by atoms with van der Waals surface area (Å²) in [5.74, 6) is -0.588. The van der Waals surface area contributed by atoms with Crippen molar-refractivity contribution in [2.24, 2.45) is 7.05 Å². The number of anilines is 2. The number of carboxylic acids is 1. The molecule has 2 aromatic rings. The molecule has 0 amide bonds. The minimum absolute atomic E-state index is 0.403. The fourth-order valence-electron chi connectivity index (χ4n) is 2.40. The normalized spacial score (nSPS) is 15.9. The molecular formula is C14H14FN3O2. The van der Waals surface area contributed by atoms with Gasteiger partial charge in [0, 0.05) is 18.8 Å². The van der Waals surface area contributed by atoms with E-state index in [9.17, 15) is 14.3 Å². The predicted molar refractivity (Wildman–Crippen MR) is 71.4 cm³/mol. The standard InChI is InChI=1S/C14H14FN3O2/c1-18-12(4-7-16-18)17-11-8-9(15)2-3-10(11)14(5-6-14)13(19)20/h2-4,7-8,17H,5-6H2,1H3,(H,19,20). The highest BCUT2D eigenvalue weighted by molar-refractivity contribution is 5.88. The number of nitrogens with one attached hydrogen (secondary N) is 1. The Morgan fingerprint density at radius 1 is 1.45 bits per heavy atom. The number of aliphatic carboxylic acids is 1. The number of aromatic nitrogens is 2. The summed E-state index contributed by atoms with van der Waals surface area (Å²) in [6.45, 7) is 0. The molecule has 0 spiro atoms. The second kappa shape index (κ2) is 4.33. The summed E-state index contributed by atoms with van der Waals surface area (Å²) >= 11 is 0. The third kappa shape index (κ3) is 1.93. The Morgan fingerprint density at radius 2 is 2.20 bits per heavy atom.